The molecule has 1 aliphatic rings. The van der Waals surface area contributed by atoms with Crippen molar-refractivity contribution >= 4 is 11.8 Å². The zero-order valence-electron chi connectivity index (χ0n) is 5.22. The highest BCUT2D eigenvalue weighted by Crippen LogP contribution is 2.33. The fourth-order valence-corrected chi connectivity index (χ4v) is 1.77. The molecular formula is C6H8N2S. The van der Waals surface area contributed by atoms with Gasteiger partial charge in [0.25, 0.3) is 0 Å². The van der Waals surface area contributed by atoms with Gasteiger partial charge in [-0.15, -0.1) is 11.8 Å². The van der Waals surface area contributed by atoms with Gasteiger partial charge in [0, 0.05) is 5.25 Å². The lowest BCUT2D eigenvalue weighted by atomic mass is 10.2. The highest BCUT2D eigenvalue weighted by Gasteiger charge is 2.18. The summed E-state index contributed by atoms with van der Waals surface area (Å²) in [5.74, 6) is 0. The SMILES string of the molecule is CC1CC(C#N)=C(N)S1. The van der Waals surface area contributed by atoms with Crippen molar-refractivity contribution in [3.05, 3.63) is 10.6 Å². The van der Waals surface area contributed by atoms with Crippen molar-refractivity contribution < 1.29 is 0 Å². The number of rotatable bonds is 0. The summed E-state index contributed by atoms with van der Waals surface area (Å²) in [7, 11) is 0. The number of hydrogen-bond acceptors (Lipinski definition) is 3. The van der Waals surface area contributed by atoms with Gasteiger partial charge in [-0.1, -0.05) is 6.92 Å². The van der Waals surface area contributed by atoms with Gasteiger partial charge in [0.1, 0.15) is 0 Å². The first-order chi connectivity index (χ1) is 4.24. The summed E-state index contributed by atoms with van der Waals surface area (Å²) in [5, 5.41) is 9.67. The van der Waals surface area contributed by atoms with Crippen molar-refractivity contribution in [1.29, 1.82) is 5.26 Å². The predicted molar refractivity (Wildman–Crippen MR) is 38.5 cm³/mol. The Kier molecular flexibility index (Phi) is 1.68. The van der Waals surface area contributed by atoms with Gasteiger partial charge in [-0.3, -0.25) is 0 Å². The molecule has 0 fully saturated rings. The standard InChI is InChI=1S/C6H8N2S/c1-4-2-5(3-7)6(8)9-4/h4H,2,8H2,1H3. The van der Waals surface area contributed by atoms with Crippen molar-refractivity contribution in [1.82, 2.24) is 0 Å². The number of thioether (sulfide) groups is 1. The smallest absolute Gasteiger partial charge is 0.0974 e. The molecule has 0 saturated carbocycles. The largest absolute Gasteiger partial charge is 0.393 e. The van der Waals surface area contributed by atoms with Gasteiger partial charge in [-0.25, -0.2) is 0 Å². The van der Waals surface area contributed by atoms with Crippen LogP contribution in [-0.4, -0.2) is 5.25 Å². The van der Waals surface area contributed by atoms with Crippen LogP contribution in [0.5, 0.6) is 0 Å². The van der Waals surface area contributed by atoms with E-state index in [2.05, 4.69) is 13.0 Å². The summed E-state index contributed by atoms with van der Waals surface area (Å²) in [6.45, 7) is 2.07. The Morgan fingerprint density at radius 1 is 1.89 bits per heavy atom. The van der Waals surface area contributed by atoms with Crippen LogP contribution >= 0.6 is 11.8 Å². The van der Waals surface area contributed by atoms with Gasteiger partial charge >= 0.3 is 0 Å². The molecule has 0 radical (unpaired) electrons. The molecule has 0 spiro atoms. The van der Waals surface area contributed by atoms with E-state index in [-0.39, 0.29) is 0 Å². The Hall–Kier alpha value is -0.620. The molecule has 1 heterocycles. The lowest BCUT2D eigenvalue weighted by Crippen LogP contribution is -1.90. The molecule has 9 heavy (non-hydrogen) atoms. The van der Waals surface area contributed by atoms with E-state index >= 15 is 0 Å². The Morgan fingerprint density at radius 3 is 2.78 bits per heavy atom. The maximum Gasteiger partial charge on any atom is 0.0974 e. The van der Waals surface area contributed by atoms with Gasteiger partial charge in [-0.2, -0.15) is 5.26 Å². The first kappa shape index (κ1) is 6.50. The predicted octanol–water partition coefficient (Wildman–Crippen LogP) is 1.21. The molecule has 0 aromatic heterocycles. The summed E-state index contributed by atoms with van der Waals surface area (Å²) >= 11 is 1.59. The van der Waals surface area contributed by atoms with Gasteiger partial charge in [0.05, 0.1) is 16.7 Å². The Labute approximate surface area is 58.7 Å². The summed E-state index contributed by atoms with van der Waals surface area (Å²) in [4.78, 5) is 0. The van der Waals surface area contributed by atoms with Crippen LogP contribution in [0.25, 0.3) is 0 Å². The maximum absolute atomic E-state index is 8.45. The van der Waals surface area contributed by atoms with E-state index in [0.29, 0.717) is 10.3 Å². The number of hydrogen-bond donors (Lipinski definition) is 1. The highest BCUT2D eigenvalue weighted by atomic mass is 32.2. The Morgan fingerprint density at radius 2 is 2.56 bits per heavy atom. The van der Waals surface area contributed by atoms with Crippen molar-refractivity contribution in [3.63, 3.8) is 0 Å². The average molecular weight is 140 g/mol. The minimum absolute atomic E-state index is 0.500. The molecule has 0 aromatic rings. The van der Waals surface area contributed by atoms with Crippen LogP contribution in [0.3, 0.4) is 0 Å². The van der Waals surface area contributed by atoms with Gasteiger partial charge in [0.15, 0.2) is 0 Å². The lowest BCUT2D eigenvalue weighted by Gasteiger charge is -1.94. The van der Waals surface area contributed by atoms with E-state index in [1.54, 1.807) is 11.8 Å². The second-order valence-corrected chi connectivity index (χ2v) is 3.57. The van der Waals surface area contributed by atoms with E-state index in [1.807, 2.05) is 0 Å². The maximum atomic E-state index is 8.45. The summed E-state index contributed by atoms with van der Waals surface area (Å²) in [5.41, 5.74) is 6.26. The van der Waals surface area contributed by atoms with E-state index in [1.165, 1.54) is 0 Å². The molecule has 0 amide bonds. The molecule has 1 atom stereocenters. The third-order valence-corrected chi connectivity index (χ3v) is 2.32. The van der Waals surface area contributed by atoms with Crippen molar-refractivity contribution in [2.45, 2.75) is 18.6 Å². The fourth-order valence-electron chi connectivity index (χ4n) is 0.818. The van der Waals surface area contributed by atoms with Crippen LogP contribution in [0.1, 0.15) is 13.3 Å². The molecule has 1 unspecified atom stereocenters. The number of nitrogens with zero attached hydrogens (tertiary/aromatic N) is 1. The van der Waals surface area contributed by atoms with Crippen molar-refractivity contribution in [2.24, 2.45) is 5.73 Å². The molecule has 0 saturated heterocycles. The molecule has 0 aliphatic carbocycles. The summed E-state index contributed by atoms with van der Waals surface area (Å²) in [6, 6.07) is 2.08. The van der Waals surface area contributed by atoms with Gasteiger partial charge < -0.3 is 5.73 Å². The van der Waals surface area contributed by atoms with Crippen LogP contribution in [-0.2, 0) is 0 Å². The van der Waals surface area contributed by atoms with Crippen LogP contribution < -0.4 is 5.73 Å². The lowest BCUT2D eigenvalue weighted by molar-refractivity contribution is 0.971. The third kappa shape index (κ3) is 1.19. The first-order valence-corrected chi connectivity index (χ1v) is 3.67. The molecule has 0 bridgehead atoms. The van der Waals surface area contributed by atoms with Crippen LogP contribution in [0, 0.1) is 11.3 Å². The minimum Gasteiger partial charge on any atom is -0.393 e. The molecule has 48 valence electrons. The van der Waals surface area contributed by atoms with Crippen molar-refractivity contribution in [2.75, 3.05) is 0 Å². The second kappa shape index (κ2) is 2.32. The number of allylic oxidation sites excluding steroid dienone is 1. The van der Waals surface area contributed by atoms with Gasteiger partial charge in [-0.05, 0) is 6.42 Å². The van der Waals surface area contributed by atoms with E-state index in [0.717, 1.165) is 12.0 Å². The van der Waals surface area contributed by atoms with E-state index < -0.39 is 0 Å². The molecule has 0 aromatic carbocycles. The van der Waals surface area contributed by atoms with Crippen LogP contribution in [0.15, 0.2) is 10.6 Å². The van der Waals surface area contributed by atoms with Crippen molar-refractivity contribution in [3.8, 4) is 6.07 Å². The average Bonchev–Trinajstić information content (AvgIpc) is 2.10. The topological polar surface area (TPSA) is 49.8 Å². The number of nitrogens with two attached hydrogens (primary N) is 1. The first-order valence-electron chi connectivity index (χ1n) is 2.79. The normalized spacial score (nSPS) is 26.4. The molecule has 1 rings (SSSR count). The highest BCUT2D eigenvalue weighted by molar-refractivity contribution is 8.03. The van der Waals surface area contributed by atoms with E-state index in [4.69, 9.17) is 11.0 Å². The second-order valence-electron chi connectivity index (χ2n) is 2.09. The van der Waals surface area contributed by atoms with Gasteiger partial charge in [0.2, 0.25) is 0 Å². The monoisotopic (exact) mass is 140 g/mol. The minimum atomic E-state index is 0.500. The van der Waals surface area contributed by atoms with E-state index in [9.17, 15) is 0 Å². The molecule has 2 nitrogen and oxygen atoms in total. The zero-order chi connectivity index (χ0) is 6.85. The summed E-state index contributed by atoms with van der Waals surface area (Å²) < 4.78 is 0. The molecule has 3 heteroatoms. The fraction of sp³-hybridized carbons (Fsp3) is 0.500. The zero-order valence-corrected chi connectivity index (χ0v) is 6.03. The Balaban J connectivity index is 2.73. The third-order valence-electron chi connectivity index (χ3n) is 1.25. The van der Waals surface area contributed by atoms with Crippen LogP contribution in [0.4, 0.5) is 0 Å². The number of nitriles is 1. The molecule has 2 N–H and O–H groups in total. The Bertz CT molecular complexity index is 190. The summed E-state index contributed by atoms with van der Waals surface area (Å²) in [6.07, 6.45) is 0.840. The quantitative estimate of drug-likeness (QED) is 0.550. The molecular weight excluding hydrogens is 132 g/mol. The van der Waals surface area contributed by atoms with Crippen LogP contribution in [0.2, 0.25) is 0 Å². The molecule has 1 aliphatic heterocycles.